The molecular weight excluding hydrogens is 243 g/mol. The Bertz CT molecular complexity index is 345. The van der Waals surface area contributed by atoms with Crippen LogP contribution >= 0.6 is 0 Å². The summed E-state index contributed by atoms with van der Waals surface area (Å²) in [4.78, 5) is 0. The van der Waals surface area contributed by atoms with Gasteiger partial charge in [0.05, 0.1) is 6.61 Å². The first-order valence-corrected chi connectivity index (χ1v) is 6.24. The molecular formula is C12H19FO5. The Morgan fingerprint density at radius 2 is 1.67 bits per heavy atom. The monoisotopic (exact) mass is 262 g/mol. The maximum atomic E-state index is 14.3. The highest BCUT2D eigenvalue weighted by molar-refractivity contribution is 4.97. The van der Waals surface area contributed by atoms with Crippen molar-refractivity contribution < 1.29 is 28.1 Å². The normalized spacial score (nSPS) is 49.5. The number of fused-ring (bicyclic) bond motifs is 1. The van der Waals surface area contributed by atoms with Crippen LogP contribution in [-0.4, -0.2) is 49.0 Å². The Kier molecular flexibility index (Phi) is 2.74. The van der Waals surface area contributed by atoms with Gasteiger partial charge in [-0.25, -0.2) is 4.39 Å². The molecule has 3 heterocycles. The van der Waals surface area contributed by atoms with Crippen molar-refractivity contribution in [2.75, 3.05) is 6.61 Å². The van der Waals surface area contributed by atoms with Gasteiger partial charge in [-0.3, -0.25) is 0 Å². The van der Waals surface area contributed by atoms with Gasteiger partial charge in [0.25, 0.3) is 0 Å². The van der Waals surface area contributed by atoms with Crippen molar-refractivity contribution >= 4 is 0 Å². The van der Waals surface area contributed by atoms with Crippen molar-refractivity contribution in [1.82, 2.24) is 0 Å². The Morgan fingerprint density at radius 3 is 2.22 bits per heavy atom. The zero-order chi connectivity index (χ0) is 13.1. The molecule has 3 aliphatic heterocycles. The molecule has 0 bridgehead atoms. The van der Waals surface area contributed by atoms with Gasteiger partial charge in [0.2, 0.25) is 0 Å². The second-order valence-electron chi connectivity index (χ2n) is 5.88. The van der Waals surface area contributed by atoms with E-state index >= 15 is 0 Å². The van der Waals surface area contributed by atoms with Crippen molar-refractivity contribution in [2.24, 2.45) is 0 Å². The van der Waals surface area contributed by atoms with Crippen molar-refractivity contribution in [2.45, 2.75) is 70.0 Å². The van der Waals surface area contributed by atoms with Crippen LogP contribution < -0.4 is 0 Å². The van der Waals surface area contributed by atoms with E-state index in [4.69, 9.17) is 23.7 Å². The number of alkyl halides is 1. The lowest BCUT2D eigenvalue weighted by Gasteiger charge is -2.25. The molecule has 3 rings (SSSR count). The van der Waals surface area contributed by atoms with Crippen LogP contribution in [0.15, 0.2) is 0 Å². The fourth-order valence-corrected chi connectivity index (χ4v) is 2.67. The maximum Gasteiger partial charge on any atom is 0.190 e. The molecule has 5 unspecified atom stereocenters. The van der Waals surface area contributed by atoms with Crippen molar-refractivity contribution in [3.8, 4) is 0 Å². The maximum absolute atomic E-state index is 14.3. The molecule has 0 aromatic heterocycles. The molecule has 5 nitrogen and oxygen atoms in total. The Labute approximate surface area is 105 Å². The minimum Gasteiger partial charge on any atom is -0.348 e. The summed E-state index contributed by atoms with van der Waals surface area (Å²) in [6.07, 6.45) is -3.72. The van der Waals surface area contributed by atoms with E-state index in [0.717, 1.165) is 0 Å². The zero-order valence-electron chi connectivity index (χ0n) is 11.0. The number of rotatable bonds is 1. The number of hydrogen-bond donors (Lipinski definition) is 0. The van der Waals surface area contributed by atoms with Crippen molar-refractivity contribution in [3.63, 3.8) is 0 Å². The predicted octanol–water partition coefficient (Wildman–Crippen LogP) is 1.35. The van der Waals surface area contributed by atoms with Gasteiger partial charge in [-0.05, 0) is 27.7 Å². The van der Waals surface area contributed by atoms with Gasteiger partial charge >= 0.3 is 0 Å². The first-order valence-electron chi connectivity index (χ1n) is 6.24. The Morgan fingerprint density at radius 1 is 0.944 bits per heavy atom. The van der Waals surface area contributed by atoms with Gasteiger partial charge in [-0.15, -0.1) is 0 Å². The second-order valence-corrected chi connectivity index (χ2v) is 5.88. The van der Waals surface area contributed by atoms with Crippen molar-refractivity contribution in [3.05, 3.63) is 0 Å². The molecule has 0 amide bonds. The molecule has 0 aromatic rings. The lowest BCUT2D eigenvalue weighted by Crippen LogP contribution is -2.40. The summed E-state index contributed by atoms with van der Waals surface area (Å²) in [5.41, 5.74) is 0. The largest absolute Gasteiger partial charge is 0.348 e. The van der Waals surface area contributed by atoms with Crippen LogP contribution in [0.25, 0.3) is 0 Å². The summed E-state index contributed by atoms with van der Waals surface area (Å²) < 4.78 is 42.0. The highest BCUT2D eigenvalue weighted by Gasteiger charge is 2.58. The van der Waals surface area contributed by atoms with E-state index in [-0.39, 0.29) is 0 Å². The molecule has 104 valence electrons. The van der Waals surface area contributed by atoms with Gasteiger partial charge in [-0.1, -0.05) is 0 Å². The van der Waals surface area contributed by atoms with Gasteiger partial charge < -0.3 is 23.7 Å². The van der Waals surface area contributed by atoms with E-state index in [1.807, 2.05) is 0 Å². The summed E-state index contributed by atoms with van der Waals surface area (Å²) in [7, 11) is 0. The summed E-state index contributed by atoms with van der Waals surface area (Å²) in [5, 5.41) is 0. The topological polar surface area (TPSA) is 46.2 Å². The van der Waals surface area contributed by atoms with E-state index < -0.39 is 42.3 Å². The van der Waals surface area contributed by atoms with Crippen LogP contribution in [0.4, 0.5) is 4.39 Å². The molecule has 0 aliphatic carbocycles. The minimum atomic E-state index is -1.26. The number of hydrogen-bond acceptors (Lipinski definition) is 5. The number of halogens is 1. The van der Waals surface area contributed by atoms with E-state index in [2.05, 4.69) is 0 Å². The van der Waals surface area contributed by atoms with Crippen LogP contribution in [0.3, 0.4) is 0 Å². The van der Waals surface area contributed by atoms with E-state index in [0.29, 0.717) is 6.61 Å². The molecule has 18 heavy (non-hydrogen) atoms. The second kappa shape index (κ2) is 3.86. The van der Waals surface area contributed by atoms with E-state index in [1.165, 1.54) is 0 Å². The molecule has 0 radical (unpaired) electrons. The standard InChI is InChI=1S/C12H19FO5/c1-11(2)14-5-6(16-11)8-7(13)9-10(15-8)18-12(3,4)17-9/h6-10H,5H2,1-4H3. The van der Waals surface area contributed by atoms with E-state index in [9.17, 15) is 4.39 Å². The van der Waals surface area contributed by atoms with Crippen LogP contribution in [0.1, 0.15) is 27.7 Å². The molecule has 0 saturated carbocycles. The van der Waals surface area contributed by atoms with Crippen molar-refractivity contribution in [1.29, 1.82) is 0 Å². The zero-order valence-corrected chi connectivity index (χ0v) is 11.0. The number of ether oxygens (including phenoxy) is 5. The van der Waals surface area contributed by atoms with Crippen LogP contribution in [0.2, 0.25) is 0 Å². The molecule has 0 N–H and O–H groups in total. The summed E-state index contributed by atoms with van der Waals surface area (Å²) >= 11 is 0. The van der Waals surface area contributed by atoms with Crippen LogP contribution in [0.5, 0.6) is 0 Å². The molecule has 3 aliphatic rings. The summed E-state index contributed by atoms with van der Waals surface area (Å²) in [5.74, 6) is -1.48. The molecule has 3 saturated heterocycles. The fourth-order valence-electron chi connectivity index (χ4n) is 2.67. The van der Waals surface area contributed by atoms with Gasteiger partial charge in [-0.2, -0.15) is 0 Å². The molecule has 0 spiro atoms. The van der Waals surface area contributed by atoms with Gasteiger partial charge in [0, 0.05) is 0 Å². The fraction of sp³-hybridized carbons (Fsp3) is 1.00. The minimum absolute atomic E-state index is 0.320. The molecule has 6 heteroatoms. The lowest BCUT2D eigenvalue weighted by molar-refractivity contribution is -0.227. The highest BCUT2D eigenvalue weighted by atomic mass is 19.1. The highest BCUT2D eigenvalue weighted by Crippen LogP contribution is 2.41. The average molecular weight is 262 g/mol. The molecule has 0 aromatic carbocycles. The van der Waals surface area contributed by atoms with Crippen LogP contribution in [0, 0.1) is 0 Å². The third kappa shape index (κ3) is 2.06. The molecule has 3 fully saturated rings. The third-order valence-electron chi connectivity index (χ3n) is 3.40. The SMILES string of the molecule is CC1(C)OCC(C2OC3OC(C)(C)OC3C2F)O1. The first kappa shape index (κ1) is 12.7. The summed E-state index contributed by atoms with van der Waals surface area (Å²) in [6.45, 7) is 7.41. The summed E-state index contributed by atoms with van der Waals surface area (Å²) in [6, 6.07) is 0. The lowest BCUT2D eigenvalue weighted by atomic mass is 10.1. The van der Waals surface area contributed by atoms with E-state index in [1.54, 1.807) is 27.7 Å². The average Bonchev–Trinajstić information content (AvgIpc) is 2.81. The third-order valence-corrected chi connectivity index (χ3v) is 3.40. The Balaban J connectivity index is 1.68. The smallest absolute Gasteiger partial charge is 0.190 e. The first-order chi connectivity index (χ1) is 8.27. The Hall–Kier alpha value is -0.270. The van der Waals surface area contributed by atoms with Crippen LogP contribution in [-0.2, 0) is 23.7 Å². The predicted molar refractivity (Wildman–Crippen MR) is 58.5 cm³/mol. The molecule has 5 atom stereocenters. The van der Waals surface area contributed by atoms with Gasteiger partial charge in [0.15, 0.2) is 24.0 Å². The quantitative estimate of drug-likeness (QED) is 0.714. The van der Waals surface area contributed by atoms with Gasteiger partial charge in [0.1, 0.15) is 18.3 Å².